The van der Waals surface area contributed by atoms with E-state index in [4.69, 9.17) is 10.5 Å². The lowest BCUT2D eigenvalue weighted by Gasteiger charge is -2.09. The van der Waals surface area contributed by atoms with Crippen molar-refractivity contribution in [3.63, 3.8) is 0 Å². The number of halogens is 1. The van der Waals surface area contributed by atoms with E-state index >= 15 is 0 Å². The Hall–Kier alpha value is -3.38. The van der Waals surface area contributed by atoms with Crippen molar-refractivity contribution in [2.75, 3.05) is 18.9 Å². The minimum atomic E-state index is -4.12. The second kappa shape index (κ2) is 8.97. The van der Waals surface area contributed by atoms with Gasteiger partial charge in [-0.3, -0.25) is 0 Å². The summed E-state index contributed by atoms with van der Waals surface area (Å²) >= 11 is 0. The molecule has 1 aromatic carbocycles. The standard InChI is InChI=1S/C18H19FN6O4S/c1-2-6-24-30(27,28)14-9-12(4-5-13(14)19)18(26)29-8-3-7-25-11-23-15-16(20)21-10-22-17(15)25/h2,4-5,9-11,24H,1,3,6-8H2,(H2,20,21,22). The third-order valence-corrected chi connectivity index (χ3v) is 5.52. The number of imidazole rings is 1. The number of benzene rings is 1. The fraction of sp³-hybridized carbons (Fsp3) is 0.222. The lowest BCUT2D eigenvalue weighted by Crippen LogP contribution is -2.25. The number of aromatic nitrogens is 4. The van der Waals surface area contributed by atoms with Crippen molar-refractivity contribution in [2.24, 2.45) is 0 Å². The molecule has 12 heteroatoms. The summed E-state index contributed by atoms with van der Waals surface area (Å²) in [6, 6.07) is 3.00. The number of nitrogens with two attached hydrogens (primary N) is 1. The van der Waals surface area contributed by atoms with E-state index in [1.165, 1.54) is 12.4 Å². The van der Waals surface area contributed by atoms with Crippen molar-refractivity contribution < 1.29 is 22.3 Å². The van der Waals surface area contributed by atoms with Crippen molar-refractivity contribution in [1.29, 1.82) is 0 Å². The van der Waals surface area contributed by atoms with Gasteiger partial charge in [-0.15, -0.1) is 6.58 Å². The summed E-state index contributed by atoms with van der Waals surface area (Å²) in [7, 11) is -4.12. The highest BCUT2D eigenvalue weighted by molar-refractivity contribution is 7.89. The highest BCUT2D eigenvalue weighted by atomic mass is 32.2. The average molecular weight is 434 g/mol. The van der Waals surface area contributed by atoms with Crippen LogP contribution in [0.4, 0.5) is 10.2 Å². The second-order valence-electron chi connectivity index (χ2n) is 6.14. The molecule has 30 heavy (non-hydrogen) atoms. The molecule has 0 aliphatic heterocycles. The normalized spacial score (nSPS) is 11.5. The van der Waals surface area contributed by atoms with Crippen LogP contribution in [-0.2, 0) is 21.3 Å². The number of anilines is 1. The lowest BCUT2D eigenvalue weighted by molar-refractivity contribution is 0.0496. The molecule has 0 amide bonds. The molecule has 0 saturated carbocycles. The van der Waals surface area contributed by atoms with Gasteiger partial charge in [-0.1, -0.05) is 6.08 Å². The summed E-state index contributed by atoms with van der Waals surface area (Å²) in [5.41, 5.74) is 6.70. The summed E-state index contributed by atoms with van der Waals surface area (Å²) in [5, 5.41) is 0. The molecular weight excluding hydrogens is 415 g/mol. The number of nitrogens with zero attached hydrogens (tertiary/aromatic N) is 4. The van der Waals surface area contributed by atoms with Crippen LogP contribution in [0.5, 0.6) is 0 Å². The number of carbonyl (C=O) groups excluding carboxylic acids is 1. The summed E-state index contributed by atoms with van der Waals surface area (Å²) in [5.74, 6) is -1.47. The number of fused-ring (bicyclic) bond motifs is 1. The molecule has 2 aromatic heterocycles. The van der Waals surface area contributed by atoms with Crippen LogP contribution in [0.1, 0.15) is 16.8 Å². The van der Waals surface area contributed by atoms with Gasteiger partial charge < -0.3 is 15.0 Å². The molecule has 3 N–H and O–H groups in total. The Morgan fingerprint density at radius 2 is 2.13 bits per heavy atom. The molecule has 2 heterocycles. The van der Waals surface area contributed by atoms with E-state index in [1.807, 2.05) is 0 Å². The minimum absolute atomic E-state index is 0.0489. The van der Waals surface area contributed by atoms with Gasteiger partial charge in [-0.2, -0.15) is 0 Å². The minimum Gasteiger partial charge on any atom is -0.462 e. The van der Waals surface area contributed by atoms with Gasteiger partial charge in [0.15, 0.2) is 11.5 Å². The summed E-state index contributed by atoms with van der Waals surface area (Å²) in [6.45, 7) is 3.82. The first-order valence-electron chi connectivity index (χ1n) is 8.82. The van der Waals surface area contributed by atoms with Gasteiger partial charge in [0.25, 0.3) is 0 Å². The molecule has 0 aliphatic carbocycles. The van der Waals surface area contributed by atoms with Gasteiger partial charge in [-0.05, 0) is 24.6 Å². The first-order valence-corrected chi connectivity index (χ1v) is 10.3. The maximum atomic E-state index is 14.0. The Labute approximate surface area is 171 Å². The van der Waals surface area contributed by atoms with Gasteiger partial charge >= 0.3 is 5.97 Å². The molecule has 0 bridgehead atoms. The number of rotatable bonds is 9. The van der Waals surface area contributed by atoms with Crippen molar-refractivity contribution in [3.05, 3.63) is 54.9 Å². The Morgan fingerprint density at radius 1 is 1.33 bits per heavy atom. The van der Waals surface area contributed by atoms with Crippen LogP contribution >= 0.6 is 0 Å². The van der Waals surface area contributed by atoms with E-state index in [-0.39, 0.29) is 24.5 Å². The predicted molar refractivity (Wildman–Crippen MR) is 106 cm³/mol. The van der Waals surface area contributed by atoms with Gasteiger partial charge in [0.1, 0.15) is 22.6 Å². The smallest absolute Gasteiger partial charge is 0.338 e. The fourth-order valence-electron chi connectivity index (χ4n) is 2.63. The van der Waals surface area contributed by atoms with Crippen molar-refractivity contribution in [2.45, 2.75) is 17.9 Å². The van der Waals surface area contributed by atoms with Crippen molar-refractivity contribution >= 4 is 33.0 Å². The number of nitrogens with one attached hydrogen (secondary N) is 1. The quantitative estimate of drug-likeness (QED) is 0.291. The second-order valence-corrected chi connectivity index (χ2v) is 7.88. The first-order chi connectivity index (χ1) is 14.3. The zero-order chi connectivity index (χ0) is 21.7. The zero-order valence-electron chi connectivity index (χ0n) is 15.8. The summed E-state index contributed by atoms with van der Waals surface area (Å²) in [6.07, 6.45) is 4.65. The Kier molecular flexibility index (Phi) is 6.37. The Morgan fingerprint density at radius 3 is 2.90 bits per heavy atom. The number of sulfonamides is 1. The van der Waals surface area contributed by atoms with Crippen LogP contribution in [0.3, 0.4) is 0 Å². The van der Waals surface area contributed by atoms with Gasteiger partial charge in [0.05, 0.1) is 18.5 Å². The summed E-state index contributed by atoms with van der Waals surface area (Å²) in [4.78, 5) is 23.7. The molecule has 0 aliphatic rings. The number of carbonyl (C=O) groups is 1. The molecular formula is C18H19FN6O4S. The van der Waals surface area contributed by atoms with Gasteiger partial charge in [0.2, 0.25) is 10.0 Å². The number of esters is 1. The van der Waals surface area contributed by atoms with Crippen LogP contribution in [0.2, 0.25) is 0 Å². The number of aryl methyl sites for hydroxylation is 1. The van der Waals surface area contributed by atoms with E-state index in [0.717, 1.165) is 18.2 Å². The Bertz CT molecular complexity index is 1190. The number of ether oxygens (including phenoxy) is 1. The first kappa shape index (κ1) is 21.3. The maximum Gasteiger partial charge on any atom is 0.338 e. The third-order valence-electron chi connectivity index (χ3n) is 4.08. The monoisotopic (exact) mass is 434 g/mol. The molecule has 0 fully saturated rings. The number of nitrogen functional groups attached to an aromatic ring is 1. The van der Waals surface area contributed by atoms with Crippen LogP contribution in [0.15, 0.2) is 48.4 Å². The highest BCUT2D eigenvalue weighted by Crippen LogP contribution is 2.18. The van der Waals surface area contributed by atoms with Gasteiger partial charge in [-0.25, -0.2) is 37.3 Å². The maximum absolute atomic E-state index is 14.0. The zero-order valence-corrected chi connectivity index (χ0v) is 16.6. The fourth-order valence-corrected chi connectivity index (χ4v) is 3.73. The largest absolute Gasteiger partial charge is 0.462 e. The van der Waals surface area contributed by atoms with Crippen molar-refractivity contribution in [3.8, 4) is 0 Å². The van der Waals surface area contributed by atoms with Crippen LogP contribution < -0.4 is 10.5 Å². The molecule has 0 radical (unpaired) electrons. The molecule has 3 rings (SSSR count). The molecule has 0 saturated heterocycles. The molecule has 0 unspecified atom stereocenters. The lowest BCUT2D eigenvalue weighted by atomic mass is 10.2. The van der Waals surface area contributed by atoms with E-state index in [1.54, 1.807) is 10.9 Å². The van der Waals surface area contributed by atoms with Crippen molar-refractivity contribution in [1.82, 2.24) is 24.2 Å². The SMILES string of the molecule is C=CCNS(=O)(=O)c1cc(C(=O)OCCCn2cnc3c(N)ncnc32)ccc1F. The van der Waals surface area contributed by atoms with Crippen LogP contribution in [-0.4, -0.2) is 47.1 Å². The van der Waals surface area contributed by atoms with E-state index in [9.17, 15) is 17.6 Å². The van der Waals surface area contributed by atoms with E-state index < -0.39 is 26.7 Å². The number of hydrogen-bond acceptors (Lipinski definition) is 8. The van der Waals surface area contributed by atoms with Crippen LogP contribution in [0, 0.1) is 5.82 Å². The van der Waals surface area contributed by atoms with E-state index in [2.05, 4.69) is 26.3 Å². The topological polar surface area (TPSA) is 142 Å². The highest BCUT2D eigenvalue weighted by Gasteiger charge is 2.21. The molecule has 0 atom stereocenters. The van der Waals surface area contributed by atoms with E-state index in [0.29, 0.717) is 24.1 Å². The molecule has 3 aromatic rings. The molecule has 0 spiro atoms. The molecule has 158 valence electrons. The van der Waals surface area contributed by atoms with Crippen LogP contribution in [0.25, 0.3) is 11.2 Å². The number of hydrogen-bond donors (Lipinski definition) is 2. The van der Waals surface area contributed by atoms with Gasteiger partial charge in [0, 0.05) is 13.1 Å². The summed E-state index contributed by atoms with van der Waals surface area (Å²) < 4.78 is 47.3. The average Bonchev–Trinajstić information content (AvgIpc) is 3.14. The molecule has 10 nitrogen and oxygen atoms in total. The third kappa shape index (κ3) is 4.60. The predicted octanol–water partition coefficient (Wildman–Crippen LogP) is 1.26. The Balaban J connectivity index is 1.61.